The third-order valence-corrected chi connectivity index (χ3v) is 5.34. The van der Waals surface area contributed by atoms with Gasteiger partial charge in [0.1, 0.15) is 6.10 Å². The van der Waals surface area contributed by atoms with Crippen molar-refractivity contribution < 1.29 is 14.7 Å². The number of nitrogens with one attached hydrogen (secondary N) is 2. The number of aliphatic hydroxyl groups is 1. The topological polar surface area (TPSA) is 104 Å². The van der Waals surface area contributed by atoms with Crippen LogP contribution in [0.3, 0.4) is 0 Å². The van der Waals surface area contributed by atoms with Crippen LogP contribution in [0.5, 0.6) is 0 Å². The number of hydrazine groups is 1. The highest BCUT2D eigenvalue weighted by Gasteiger charge is 2.27. The Hall–Kier alpha value is -2.44. The molecule has 1 fully saturated rings. The number of fused-ring (bicyclic) bond motifs is 1. The van der Waals surface area contributed by atoms with Crippen molar-refractivity contribution in [3.63, 3.8) is 0 Å². The van der Waals surface area contributed by atoms with Crippen LogP contribution in [0, 0.1) is 5.92 Å². The second kappa shape index (κ2) is 8.97. The maximum absolute atomic E-state index is 12.4. The number of rotatable bonds is 5. The number of carbonyl (C=O) groups is 2. The lowest BCUT2D eigenvalue weighted by atomic mass is 9.84. The summed E-state index contributed by atoms with van der Waals surface area (Å²) >= 11 is 0. The molecule has 0 radical (unpaired) electrons. The van der Waals surface area contributed by atoms with Crippen LogP contribution >= 0.6 is 0 Å². The Labute approximate surface area is 159 Å². The zero-order valence-corrected chi connectivity index (χ0v) is 15.4. The monoisotopic (exact) mass is 369 g/mol. The average Bonchev–Trinajstić information content (AvgIpc) is 2.71. The van der Waals surface area contributed by atoms with E-state index in [1.54, 1.807) is 12.1 Å². The molecule has 1 aliphatic carbocycles. The minimum absolute atomic E-state index is 0.437. The van der Waals surface area contributed by atoms with Crippen LogP contribution in [0.2, 0.25) is 0 Å². The molecule has 1 saturated carbocycles. The van der Waals surface area contributed by atoms with Crippen LogP contribution in [-0.2, 0) is 4.79 Å². The van der Waals surface area contributed by atoms with Gasteiger partial charge in [0.2, 0.25) is 0 Å². The van der Waals surface area contributed by atoms with Gasteiger partial charge in [-0.2, -0.15) is 0 Å². The summed E-state index contributed by atoms with van der Waals surface area (Å²) < 4.78 is 0. The van der Waals surface area contributed by atoms with Gasteiger partial charge in [-0.15, -0.1) is 0 Å². The van der Waals surface area contributed by atoms with Gasteiger partial charge in [-0.05, 0) is 29.2 Å². The highest BCUT2D eigenvalue weighted by molar-refractivity contribution is 6.07. The van der Waals surface area contributed by atoms with Crippen LogP contribution in [0.15, 0.2) is 42.5 Å². The average molecular weight is 369 g/mol. The van der Waals surface area contributed by atoms with Gasteiger partial charge >= 0.3 is 0 Å². The quantitative estimate of drug-likeness (QED) is 0.607. The van der Waals surface area contributed by atoms with Gasteiger partial charge < -0.3 is 10.8 Å². The standard InChI is InChI=1S/C21H27N3O3/c22-18(13-14-7-2-1-3-8-14)19(25)21(27)24-23-20(26)17-12-6-10-15-9-4-5-11-16(15)17/h4-6,9-12,14,18-19,25H,1-3,7-8,13,22H2,(H,23,26)(H,24,27)/t18-,19?/m1/s1. The van der Waals surface area contributed by atoms with Crippen LogP contribution in [0.4, 0.5) is 0 Å². The Kier molecular flexibility index (Phi) is 6.42. The van der Waals surface area contributed by atoms with Gasteiger partial charge in [-0.1, -0.05) is 68.5 Å². The first kappa shape index (κ1) is 19.3. The lowest BCUT2D eigenvalue weighted by molar-refractivity contribution is -0.131. The zero-order chi connectivity index (χ0) is 19.2. The fourth-order valence-corrected chi connectivity index (χ4v) is 3.81. The summed E-state index contributed by atoms with van der Waals surface area (Å²) in [6, 6.07) is 12.3. The third-order valence-electron chi connectivity index (χ3n) is 5.34. The van der Waals surface area contributed by atoms with Crippen molar-refractivity contribution in [1.82, 2.24) is 10.9 Å². The zero-order valence-electron chi connectivity index (χ0n) is 15.4. The molecule has 0 saturated heterocycles. The van der Waals surface area contributed by atoms with Gasteiger partial charge in [0, 0.05) is 11.6 Å². The molecule has 6 nitrogen and oxygen atoms in total. The van der Waals surface area contributed by atoms with Gasteiger partial charge in [-0.25, -0.2) is 0 Å². The summed E-state index contributed by atoms with van der Waals surface area (Å²) in [4.78, 5) is 24.6. The number of hydrogen-bond donors (Lipinski definition) is 4. The number of benzene rings is 2. The molecule has 144 valence electrons. The van der Waals surface area contributed by atoms with Gasteiger partial charge in [0.25, 0.3) is 11.8 Å². The van der Waals surface area contributed by atoms with Gasteiger partial charge in [0.05, 0.1) is 0 Å². The molecule has 2 atom stereocenters. The van der Waals surface area contributed by atoms with Crippen molar-refractivity contribution in [3.05, 3.63) is 48.0 Å². The lowest BCUT2D eigenvalue weighted by Crippen LogP contribution is -2.52. The Morgan fingerprint density at radius 2 is 1.74 bits per heavy atom. The Morgan fingerprint density at radius 3 is 2.52 bits per heavy atom. The molecular formula is C21H27N3O3. The maximum Gasteiger partial charge on any atom is 0.270 e. The van der Waals surface area contributed by atoms with Crippen LogP contribution in [-0.4, -0.2) is 29.1 Å². The predicted molar refractivity (Wildman–Crippen MR) is 105 cm³/mol. The van der Waals surface area contributed by atoms with E-state index in [1.807, 2.05) is 30.3 Å². The van der Waals surface area contributed by atoms with E-state index in [9.17, 15) is 14.7 Å². The fraction of sp³-hybridized carbons (Fsp3) is 0.429. The first-order valence-electron chi connectivity index (χ1n) is 9.58. The molecule has 2 aromatic carbocycles. The number of carbonyl (C=O) groups excluding carboxylic acids is 2. The summed E-state index contributed by atoms with van der Waals surface area (Å²) in [5.41, 5.74) is 11.1. The van der Waals surface area contributed by atoms with Gasteiger partial charge in [0.15, 0.2) is 0 Å². The smallest absolute Gasteiger partial charge is 0.270 e. The fourth-order valence-electron chi connectivity index (χ4n) is 3.81. The molecule has 0 spiro atoms. The van der Waals surface area contributed by atoms with E-state index in [-0.39, 0.29) is 0 Å². The largest absolute Gasteiger partial charge is 0.382 e. The maximum atomic E-state index is 12.4. The molecule has 0 aromatic heterocycles. The van der Waals surface area contributed by atoms with Gasteiger partial charge in [-0.3, -0.25) is 20.4 Å². The Bertz CT molecular complexity index is 797. The van der Waals surface area contributed by atoms with Crippen molar-refractivity contribution in [2.45, 2.75) is 50.7 Å². The Balaban J connectivity index is 1.55. The first-order chi connectivity index (χ1) is 13.1. The molecule has 5 N–H and O–H groups in total. The summed E-state index contributed by atoms with van der Waals surface area (Å²) in [6.45, 7) is 0. The van der Waals surface area contributed by atoms with Crippen molar-refractivity contribution in [2.75, 3.05) is 0 Å². The number of amides is 2. The predicted octanol–water partition coefficient (Wildman–Crippen LogP) is 2.26. The molecule has 27 heavy (non-hydrogen) atoms. The third kappa shape index (κ3) is 4.84. The minimum atomic E-state index is -1.35. The van der Waals surface area contributed by atoms with E-state index in [2.05, 4.69) is 10.9 Å². The lowest BCUT2D eigenvalue weighted by Gasteiger charge is -2.26. The molecule has 0 aliphatic heterocycles. The summed E-state index contributed by atoms with van der Waals surface area (Å²) in [7, 11) is 0. The number of aliphatic hydroxyl groups excluding tert-OH is 1. The second-order valence-electron chi connectivity index (χ2n) is 7.32. The van der Waals surface area contributed by atoms with E-state index >= 15 is 0 Å². The van der Waals surface area contributed by atoms with E-state index in [0.717, 1.165) is 23.6 Å². The summed E-state index contributed by atoms with van der Waals surface area (Å²) in [6.07, 6.45) is 5.07. The highest BCUT2D eigenvalue weighted by atomic mass is 16.3. The molecule has 0 heterocycles. The molecular weight excluding hydrogens is 342 g/mol. The normalized spacial score (nSPS) is 17.3. The molecule has 2 aromatic rings. The first-order valence-corrected chi connectivity index (χ1v) is 9.58. The number of nitrogens with two attached hydrogens (primary N) is 1. The van der Waals surface area contributed by atoms with E-state index in [4.69, 9.17) is 5.73 Å². The Morgan fingerprint density at radius 1 is 1.04 bits per heavy atom. The molecule has 1 aliphatic rings. The molecule has 0 bridgehead atoms. The van der Waals surface area contributed by atoms with Crippen molar-refractivity contribution in [3.8, 4) is 0 Å². The SMILES string of the molecule is N[C@H](CC1CCCCC1)C(O)C(=O)NNC(=O)c1cccc2ccccc12. The molecule has 6 heteroatoms. The van der Waals surface area contributed by atoms with E-state index in [1.165, 1.54) is 19.3 Å². The van der Waals surface area contributed by atoms with Crippen molar-refractivity contribution in [2.24, 2.45) is 11.7 Å². The van der Waals surface area contributed by atoms with Crippen molar-refractivity contribution in [1.29, 1.82) is 0 Å². The van der Waals surface area contributed by atoms with Crippen molar-refractivity contribution >= 4 is 22.6 Å². The number of hydrogen-bond acceptors (Lipinski definition) is 4. The van der Waals surface area contributed by atoms with E-state index in [0.29, 0.717) is 17.9 Å². The molecule has 3 rings (SSSR count). The minimum Gasteiger partial charge on any atom is -0.382 e. The second-order valence-corrected chi connectivity index (χ2v) is 7.32. The van der Waals surface area contributed by atoms with Crippen LogP contribution in [0.1, 0.15) is 48.9 Å². The molecule has 2 amide bonds. The summed E-state index contributed by atoms with van der Waals surface area (Å²) in [5.74, 6) is -0.665. The van der Waals surface area contributed by atoms with Crippen LogP contribution in [0.25, 0.3) is 10.8 Å². The summed E-state index contributed by atoms with van der Waals surface area (Å²) in [5, 5.41) is 11.9. The molecule has 1 unspecified atom stereocenters. The van der Waals surface area contributed by atoms with Crippen LogP contribution < -0.4 is 16.6 Å². The van der Waals surface area contributed by atoms with E-state index < -0.39 is 24.0 Å². The highest BCUT2D eigenvalue weighted by Crippen LogP contribution is 2.27.